The molecule has 0 aliphatic rings. The Bertz CT molecular complexity index is 660. The average Bonchev–Trinajstić information content (AvgIpc) is 2.82. The summed E-state index contributed by atoms with van der Waals surface area (Å²) in [5, 5.41) is 12.0. The lowest BCUT2D eigenvalue weighted by Crippen LogP contribution is -2.27. The van der Waals surface area contributed by atoms with Crippen LogP contribution in [0.1, 0.15) is 26.3 Å². The van der Waals surface area contributed by atoms with Crippen molar-refractivity contribution in [3.05, 3.63) is 29.3 Å². The van der Waals surface area contributed by atoms with Crippen molar-refractivity contribution < 1.29 is 4.79 Å². The number of nitrogens with two attached hydrogens (primary N) is 1. The number of rotatable bonds is 6. The number of nitrogens with zero attached hydrogens (tertiary/aromatic N) is 3. The van der Waals surface area contributed by atoms with Crippen molar-refractivity contribution >= 4 is 40.9 Å². The Hall–Kier alpha value is -1.73. The van der Waals surface area contributed by atoms with Gasteiger partial charge >= 0.3 is 0 Å². The molecule has 2 rings (SSSR count). The Labute approximate surface area is 138 Å². The molecule has 2 aromatic rings. The summed E-state index contributed by atoms with van der Waals surface area (Å²) in [5.41, 5.74) is 6.52. The topological polar surface area (TPSA) is 85.8 Å². The third-order valence-corrected chi connectivity index (χ3v) is 4.12. The minimum atomic E-state index is -0.469. The van der Waals surface area contributed by atoms with E-state index in [1.165, 1.54) is 11.8 Å². The SMILES string of the molecule is CCSc1nnc(N)n1C(CC)C(=O)Nc1cccc(Cl)c1. The standard InChI is InChI=1S/C14H18ClN5OS/c1-3-11(20-13(16)18-19-14(20)22-4-2)12(21)17-10-7-5-6-9(15)8-10/h5-8,11H,3-4H2,1-2H3,(H2,16,18)(H,17,21). The predicted octanol–water partition coefficient (Wildman–Crippen LogP) is 3.22. The van der Waals surface area contributed by atoms with Crippen molar-refractivity contribution in [3.8, 4) is 0 Å². The zero-order valence-electron chi connectivity index (χ0n) is 12.4. The number of thioether (sulfide) groups is 1. The summed E-state index contributed by atoms with van der Waals surface area (Å²) in [5.74, 6) is 0.892. The molecule has 0 saturated carbocycles. The van der Waals surface area contributed by atoms with Crippen LogP contribution in [0.5, 0.6) is 0 Å². The first kappa shape index (κ1) is 16.6. The number of aromatic nitrogens is 3. The highest BCUT2D eigenvalue weighted by molar-refractivity contribution is 7.99. The van der Waals surface area contributed by atoms with Crippen LogP contribution in [0.15, 0.2) is 29.4 Å². The minimum Gasteiger partial charge on any atom is -0.368 e. The first-order chi connectivity index (χ1) is 10.6. The number of anilines is 2. The van der Waals surface area contributed by atoms with Crippen molar-refractivity contribution in [2.45, 2.75) is 31.5 Å². The Balaban J connectivity index is 2.24. The fraction of sp³-hybridized carbons (Fsp3) is 0.357. The van der Waals surface area contributed by atoms with Crippen molar-refractivity contribution in [1.82, 2.24) is 14.8 Å². The quantitative estimate of drug-likeness (QED) is 0.789. The fourth-order valence-electron chi connectivity index (χ4n) is 2.09. The van der Waals surface area contributed by atoms with Crippen LogP contribution in [0.2, 0.25) is 5.02 Å². The molecule has 1 amide bonds. The molecule has 0 aliphatic heterocycles. The Kier molecular flexibility index (Phi) is 5.68. The summed E-state index contributed by atoms with van der Waals surface area (Å²) < 4.78 is 1.67. The summed E-state index contributed by atoms with van der Waals surface area (Å²) in [4.78, 5) is 12.6. The Morgan fingerprint density at radius 2 is 2.23 bits per heavy atom. The molecule has 1 atom stereocenters. The van der Waals surface area contributed by atoms with Crippen LogP contribution >= 0.6 is 23.4 Å². The Morgan fingerprint density at radius 3 is 2.86 bits per heavy atom. The van der Waals surface area contributed by atoms with Gasteiger partial charge in [-0.25, -0.2) is 0 Å². The third-order valence-electron chi connectivity index (χ3n) is 3.06. The molecule has 0 aliphatic carbocycles. The molecular formula is C14H18ClN5OS. The second kappa shape index (κ2) is 7.51. The number of carbonyl (C=O) groups excluding carboxylic acids is 1. The lowest BCUT2D eigenvalue weighted by Gasteiger charge is -2.19. The number of hydrogen-bond donors (Lipinski definition) is 2. The van der Waals surface area contributed by atoms with Crippen molar-refractivity contribution in [3.63, 3.8) is 0 Å². The van der Waals surface area contributed by atoms with Gasteiger partial charge in [0.15, 0.2) is 5.16 Å². The lowest BCUT2D eigenvalue weighted by molar-refractivity contribution is -0.119. The molecule has 118 valence electrons. The maximum absolute atomic E-state index is 12.6. The highest BCUT2D eigenvalue weighted by atomic mass is 35.5. The first-order valence-corrected chi connectivity index (χ1v) is 8.32. The van der Waals surface area contributed by atoms with Gasteiger partial charge < -0.3 is 11.1 Å². The van der Waals surface area contributed by atoms with E-state index in [0.717, 1.165) is 5.75 Å². The van der Waals surface area contributed by atoms with E-state index in [2.05, 4.69) is 15.5 Å². The van der Waals surface area contributed by atoms with Crippen molar-refractivity contribution in [2.75, 3.05) is 16.8 Å². The van der Waals surface area contributed by atoms with Crippen LogP contribution < -0.4 is 11.1 Å². The number of nitrogen functional groups attached to an aromatic ring is 1. The molecule has 6 nitrogen and oxygen atoms in total. The van der Waals surface area contributed by atoms with Gasteiger partial charge in [0.2, 0.25) is 11.9 Å². The van der Waals surface area contributed by atoms with Gasteiger partial charge in [-0.05, 0) is 30.4 Å². The van der Waals surface area contributed by atoms with Gasteiger partial charge in [-0.3, -0.25) is 9.36 Å². The minimum absolute atomic E-state index is 0.172. The molecule has 0 fully saturated rings. The van der Waals surface area contributed by atoms with Crippen LogP contribution in [-0.2, 0) is 4.79 Å². The molecule has 1 unspecified atom stereocenters. The highest BCUT2D eigenvalue weighted by Gasteiger charge is 2.24. The molecular weight excluding hydrogens is 322 g/mol. The van der Waals surface area contributed by atoms with Gasteiger partial charge in [-0.15, -0.1) is 10.2 Å². The maximum atomic E-state index is 12.6. The van der Waals surface area contributed by atoms with Crippen LogP contribution in [0.25, 0.3) is 0 Å². The van der Waals surface area contributed by atoms with Gasteiger partial charge in [-0.1, -0.05) is 43.3 Å². The summed E-state index contributed by atoms with van der Waals surface area (Å²) in [7, 11) is 0. The molecule has 1 aromatic heterocycles. The van der Waals surface area contributed by atoms with Crippen LogP contribution in [0.3, 0.4) is 0 Å². The number of benzene rings is 1. The Morgan fingerprint density at radius 1 is 1.45 bits per heavy atom. The molecule has 3 N–H and O–H groups in total. The maximum Gasteiger partial charge on any atom is 0.247 e. The normalized spacial score (nSPS) is 12.1. The van der Waals surface area contributed by atoms with Gasteiger partial charge in [0.05, 0.1) is 0 Å². The smallest absolute Gasteiger partial charge is 0.247 e. The van der Waals surface area contributed by atoms with E-state index in [4.69, 9.17) is 17.3 Å². The summed E-state index contributed by atoms with van der Waals surface area (Å²) in [6.07, 6.45) is 0.575. The van der Waals surface area contributed by atoms with Crippen molar-refractivity contribution in [1.29, 1.82) is 0 Å². The monoisotopic (exact) mass is 339 g/mol. The predicted molar refractivity (Wildman–Crippen MR) is 90.2 cm³/mol. The number of nitrogens with one attached hydrogen (secondary N) is 1. The molecule has 1 heterocycles. The summed E-state index contributed by atoms with van der Waals surface area (Å²) in [6, 6.07) is 6.55. The molecule has 0 radical (unpaired) electrons. The van der Waals surface area contributed by atoms with Gasteiger partial charge in [0.25, 0.3) is 0 Å². The highest BCUT2D eigenvalue weighted by Crippen LogP contribution is 2.26. The number of carbonyl (C=O) groups is 1. The molecule has 0 spiro atoms. The van der Waals surface area contributed by atoms with Gasteiger partial charge in [-0.2, -0.15) is 0 Å². The zero-order chi connectivity index (χ0) is 16.1. The summed E-state index contributed by atoms with van der Waals surface area (Å²) in [6.45, 7) is 3.93. The number of halogens is 1. The van der Waals surface area contributed by atoms with Gasteiger partial charge in [0, 0.05) is 10.7 Å². The molecule has 0 bridgehead atoms. The molecule has 22 heavy (non-hydrogen) atoms. The first-order valence-electron chi connectivity index (χ1n) is 6.96. The third kappa shape index (κ3) is 3.72. The van der Waals surface area contributed by atoms with Crippen LogP contribution in [-0.4, -0.2) is 26.4 Å². The molecule has 8 heteroatoms. The number of amides is 1. The van der Waals surface area contributed by atoms with E-state index in [0.29, 0.717) is 22.3 Å². The van der Waals surface area contributed by atoms with Crippen molar-refractivity contribution in [2.24, 2.45) is 0 Å². The van der Waals surface area contributed by atoms with Crippen LogP contribution in [0.4, 0.5) is 11.6 Å². The fourth-order valence-corrected chi connectivity index (χ4v) is 2.99. The lowest BCUT2D eigenvalue weighted by atomic mass is 10.2. The van der Waals surface area contributed by atoms with E-state index in [1.807, 2.05) is 13.8 Å². The van der Waals surface area contributed by atoms with E-state index in [1.54, 1.807) is 28.8 Å². The summed E-state index contributed by atoms with van der Waals surface area (Å²) >= 11 is 7.43. The average molecular weight is 340 g/mol. The van der Waals surface area contributed by atoms with E-state index in [9.17, 15) is 4.79 Å². The van der Waals surface area contributed by atoms with Gasteiger partial charge in [0.1, 0.15) is 6.04 Å². The molecule has 1 aromatic carbocycles. The zero-order valence-corrected chi connectivity index (χ0v) is 14.0. The number of hydrogen-bond acceptors (Lipinski definition) is 5. The van der Waals surface area contributed by atoms with E-state index in [-0.39, 0.29) is 11.9 Å². The second-order valence-corrected chi connectivity index (χ2v) is 6.24. The largest absolute Gasteiger partial charge is 0.368 e. The van der Waals surface area contributed by atoms with E-state index >= 15 is 0 Å². The van der Waals surface area contributed by atoms with Crippen LogP contribution in [0, 0.1) is 0 Å². The molecule has 0 saturated heterocycles. The van der Waals surface area contributed by atoms with E-state index < -0.39 is 6.04 Å². The second-order valence-electron chi connectivity index (χ2n) is 4.57.